The first-order valence-corrected chi connectivity index (χ1v) is 6.75. The summed E-state index contributed by atoms with van der Waals surface area (Å²) in [5.41, 5.74) is 2.42. The van der Waals surface area contributed by atoms with E-state index in [0.29, 0.717) is 12.1 Å². The Bertz CT molecular complexity index is 379. The van der Waals surface area contributed by atoms with Gasteiger partial charge >= 0.3 is 0 Å². The van der Waals surface area contributed by atoms with Gasteiger partial charge in [-0.3, -0.25) is 10.1 Å². The molecule has 0 aromatic rings. The number of piperidine rings is 1. The summed E-state index contributed by atoms with van der Waals surface area (Å²) >= 11 is 1.56. The number of nitro groups is 1. The van der Waals surface area contributed by atoms with E-state index >= 15 is 0 Å². The predicted octanol–water partition coefficient (Wildman–Crippen LogP) is 2.46. The highest BCUT2D eigenvalue weighted by molar-refractivity contribution is 7.95. The molecular formula is C11H17N3O2S. The van der Waals surface area contributed by atoms with Crippen molar-refractivity contribution in [3.8, 4) is 0 Å². The molecule has 0 saturated carbocycles. The lowest BCUT2D eigenvalue weighted by atomic mass is 9.93. The largest absolute Gasteiger partial charge is 0.303 e. The Morgan fingerprint density at radius 3 is 3.12 bits per heavy atom. The zero-order chi connectivity index (χ0) is 12.3. The summed E-state index contributed by atoms with van der Waals surface area (Å²) in [5.74, 6) is 0. The summed E-state index contributed by atoms with van der Waals surface area (Å²) in [5, 5.41) is 11.0. The molecule has 0 unspecified atom stereocenters. The van der Waals surface area contributed by atoms with Crippen LogP contribution in [0.15, 0.2) is 23.0 Å². The lowest BCUT2D eigenvalue weighted by Gasteiger charge is -2.33. The Balaban J connectivity index is 2.21. The first-order valence-electron chi connectivity index (χ1n) is 5.98. The quantitative estimate of drug-likeness (QED) is 0.475. The third-order valence-electron chi connectivity index (χ3n) is 2.97. The molecule has 2 aliphatic rings. The summed E-state index contributed by atoms with van der Waals surface area (Å²) in [7, 11) is 0. The fourth-order valence-corrected chi connectivity index (χ4v) is 3.04. The minimum Gasteiger partial charge on any atom is -0.303 e. The van der Waals surface area contributed by atoms with Crippen LogP contribution in [0.4, 0.5) is 0 Å². The molecule has 17 heavy (non-hydrogen) atoms. The standard InChI is InChI=1S/C11H17N3O2S/c1-2-12-17-13-8-4-5-9-10(13)6-3-7-11(9)14(15)16/h6,12H,2-5,7-8H2,1H3. The first kappa shape index (κ1) is 12.4. The van der Waals surface area contributed by atoms with Gasteiger partial charge in [-0.2, -0.15) is 0 Å². The molecule has 0 atom stereocenters. The van der Waals surface area contributed by atoms with Crippen molar-refractivity contribution in [2.75, 3.05) is 13.1 Å². The third kappa shape index (κ3) is 2.63. The van der Waals surface area contributed by atoms with E-state index in [-0.39, 0.29) is 4.92 Å². The van der Waals surface area contributed by atoms with Crippen molar-refractivity contribution in [1.29, 1.82) is 0 Å². The zero-order valence-electron chi connectivity index (χ0n) is 9.94. The molecule has 1 N–H and O–H groups in total. The summed E-state index contributed by atoms with van der Waals surface area (Å²) in [4.78, 5) is 10.8. The lowest BCUT2D eigenvalue weighted by molar-refractivity contribution is -0.429. The molecule has 2 rings (SSSR count). The zero-order valence-corrected chi connectivity index (χ0v) is 10.8. The molecule has 0 aromatic heterocycles. The van der Waals surface area contributed by atoms with Crippen molar-refractivity contribution in [3.05, 3.63) is 33.2 Å². The van der Waals surface area contributed by atoms with Crippen molar-refractivity contribution < 1.29 is 4.92 Å². The van der Waals surface area contributed by atoms with Gasteiger partial charge in [0.15, 0.2) is 0 Å². The van der Waals surface area contributed by atoms with E-state index in [1.54, 1.807) is 12.1 Å². The number of nitrogens with zero attached hydrogens (tertiary/aromatic N) is 2. The van der Waals surface area contributed by atoms with Crippen LogP contribution in [0.3, 0.4) is 0 Å². The van der Waals surface area contributed by atoms with E-state index in [9.17, 15) is 10.1 Å². The molecule has 0 bridgehead atoms. The second kappa shape index (κ2) is 5.55. The highest BCUT2D eigenvalue weighted by Gasteiger charge is 2.30. The molecule has 0 aromatic carbocycles. The Labute approximate surface area is 105 Å². The smallest absolute Gasteiger partial charge is 0.251 e. The third-order valence-corrected chi connectivity index (χ3v) is 3.99. The molecule has 1 aliphatic carbocycles. The van der Waals surface area contributed by atoms with Crippen molar-refractivity contribution in [3.63, 3.8) is 0 Å². The van der Waals surface area contributed by atoms with Gasteiger partial charge < -0.3 is 4.31 Å². The molecule has 6 heteroatoms. The molecule has 0 spiro atoms. The van der Waals surface area contributed by atoms with Crippen LogP contribution in [0.5, 0.6) is 0 Å². The lowest BCUT2D eigenvalue weighted by Crippen LogP contribution is -2.29. The first-order chi connectivity index (χ1) is 8.24. The van der Waals surface area contributed by atoms with Crippen molar-refractivity contribution in [2.45, 2.75) is 32.6 Å². The normalized spacial score (nSPS) is 20.1. The summed E-state index contributed by atoms with van der Waals surface area (Å²) in [6.07, 6.45) is 5.31. The van der Waals surface area contributed by atoms with Crippen LogP contribution in [-0.2, 0) is 0 Å². The Hall–Kier alpha value is -1.01. The average Bonchev–Trinajstić information content (AvgIpc) is 2.35. The van der Waals surface area contributed by atoms with Crippen molar-refractivity contribution in [1.82, 2.24) is 9.03 Å². The molecule has 0 amide bonds. The van der Waals surface area contributed by atoms with Gasteiger partial charge in [0, 0.05) is 37.2 Å². The van der Waals surface area contributed by atoms with Crippen LogP contribution >= 0.6 is 12.1 Å². The number of hydrogen-bond donors (Lipinski definition) is 1. The fraction of sp³-hybridized carbons (Fsp3) is 0.636. The Morgan fingerprint density at radius 1 is 1.59 bits per heavy atom. The number of hydrogen-bond acceptors (Lipinski definition) is 5. The van der Waals surface area contributed by atoms with E-state index in [0.717, 1.165) is 43.6 Å². The predicted molar refractivity (Wildman–Crippen MR) is 68.5 cm³/mol. The minimum atomic E-state index is -0.205. The molecule has 1 fully saturated rings. The van der Waals surface area contributed by atoms with Crippen LogP contribution < -0.4 is 4.72 Å². The van der Waals surface area contributed by atoms with Gasteiger partial charge in [0.1, 0.15) is 0 Å². The molecule has 1 aliphatic heterocycles. The topological polar surface area (TPSA) is 58.4 Å². The van der Waals surface area contributed by atoms with Crippen LogP contribution in [0.2, 0.25) is 0 Å². The number of nitrogens with one attached hydrogen (secondary N) is 1. The van der Waals surface area contributed by atoms with Gasteiger partial charge in [-0.05, 0) is 19.3 Å². The molecular weight excluding hydrogens is 238 g/mol. The summed E-state index contributed by atoms with van der Waals surface area (Å²) < 4.78 is 5.35. The van der Waals surface area contributed by atoms with E-state index in [1.807, 2.05) is 6.92 Å². The second-order valence-corrected chi connectivity index (χ2v) is 5.02. The van der Waals surface area contributed by atoms with Crippen molar-refractivity contribution >= 4 is 12.1 Å². The highest BCUT2D eigenvalue weighted by Crippen LogP contribution is 2.37. The molecule has 94 valence electrons. The molecule has 0 radical (unpaired) electrons. The summed E-state index contributed by atoms with van der Waals surface area (Å²) in [6.45, 7) is 3.89. The maximum atomic E-state index is 11.0. The van der Waals surface area contributed by atoms with Gasteiger partial charge in [-0.25, -0.2) is 4.72 Å². The maximum absolute atomic E-state index is 11.0. The molecule has 1 heterocycles. The maximum Gasteiger partial charge on any atom is 0.251 e. The van der Waals surface area contributed by atoms with Crippen LogP contribution in [0, 0.1) is 10.1 Å². The van der Waals surface area contributed by atoms with Crippen LogP contribution in [-0.4, -0.2) is 22.3 Å². The highest BCUT2D eigenvalue weighted by atomic mass is 32.2. The Kier molecular flexibility index (Phi) is 4.06. The number of rotatable bonds is 4. The van der Waals surface area contributed by atoms with E-state index in [2.05, 4.69) is 15.1 Å². The average molecular weight is 255 g/mol. The van der Waals surface area contributed by atoms with Gasteiger partial charge in [0.05, 0.1) is 10.6 Å². The van der Waals surface area contributed by atoms with Gasteiger partial charge in [0.25, 0.3) is 5.70 Å². The van der Waals surface area contributed by atoms with Gasteiger partial charge in [-0.1, -0.05) is 13.0 Å². The van der Waals surface area contributed by atoms with Crippen LogP contribution in [0.25, 0.3) is 0 Å². The van der Waals surface area contributed by atoms with E-state index < -0.39 is 0 Å². The number of fused-ring (bicyclic) bond motifs is 1. The number of allylic oxidation sites excluding steroid dienone is 3. The SMILES string of the molecule is CCNSN1CCCC2=C([N+](=O)[O-])CCC=C21. The van der Waals surface area contributed by atoms with Crippen LogP contribution in [0.1, 0.15) is 32.6 Å². The fourth-order valence-electron chi connectivity index (χ4n) is 2.25. The van der Waals surface area contributed by atoms with Gasteiger partial charge in [0.2, 0.25) is 0 Å². The molecule has 5 nitrogen and oxygen atoms in total. The monoisotopic (exact) mass is 255 g/mol. The second-order valence-electron chi connectivity index (χ2n) is 4.11. The summed E-state index contributed by atoms with van der Waals surface area (Å²) in [6, 6.07) is 0. The van der Waals surface area contributed by atoms with Crippen molar-refractivity contribution in [2.24, 2.45) is 0 Å². The minimum absolute atomic E-state index is 0.205. The van der Waals surface area contributed by atoms with E-state index in [4.69, 9.17) is 0 Å². The van der Waals surface area contributed by atoms with E-state index in [1.165, 1.54) is 0 Å². The van der Waals surface area contributed by atoms with Gasteiger partial charge in [-0.15, -0.1) is 0 Å². The molecule has 1 saturated heterocycles. The Morgan fingerprint density at radius 2 is 2.41 bits per heavy atom.